The third kappa shape index (κ3) is 5.07. The summed E-state index contributed by atoms with van der Waals surface area (Å²) in [5.41, 5.74) is 1.29. The van der Waals surface area contributed by atoms with Crippen molar-refractivity contribution >= 4 is 21.4 Å². The van der Waals surface area contributed by atoms with Crippen LogP contribution in [-0.4, -0.2) is 27.8 Å². The average Bonchev–Trinajstić information content (AvgIpc) is 2.42. The highest BCUT2D eigenvalue weighted by atomic mass is 32.2. The van der Waals surface area contributed by atoms with Gasteiger partial charge in [-0.1, -0.05) is 0 Å². The second-order valence-corrected chi connectivity index (χ2v) is 7.08. The molecule has 0 amide bonds. The molecule has 0 aliphatic heterocycles. The topological polar surface area (TPSA) is 58.2 Å². The Balaban J connectivity index is 2.24. The Morgan fingerprint density at radius 1 is 1.31 bits per heavy atom. The number of aryl methyl sites for hydroxylation is 2. The van der Waals surface area contributed by atoms with Crippen LogP contribution in [0.15, 0.2) is 6.07 Å². The maximum absolute atomic E-state index is 10.8. The summed E-state index contributed by atoms with van der Waals surface area (Å²) >= 11 is 1.79. The van der Waals surface area contributed by atoms with E-state index in [1.54, 1.807) is 11.3 Å². The molecule has 0 spiro atoms. The van der Waals surface area contributed by atoms with Crippen LogP contribution in [0.2, 0.25) is 0 Å². The van der Waals surface area contributed by atoms with Crippen molar-refractivity contribution < 1.29 is 8.42 Å². The molecule has 0 bridgehead atoms. The predicted molar refractivity (Wildman–Crippen MR) is 68.3 cm³/mol. The highest BCUT2D eigenvalue weighted by Crippen LogP contribution is 2.19. The van der Waals surface area contributed by atoms with Gasteiger partial charge in [0, 0.05) is 29.4 Å². The van der Waals surface area contributed by atoms with Crippen LogP contribution in [0.25, 0.3) is 0 Å². The fourth-order valence-corrected chi connectivity index (χ4v) is 2.83. The standard InChI is InChI=1S/C10H18N2O2S2/c1-8-6-10(9(2)15-8)7-11-4-5-12-16(3,13)14/h6,11-12H,4-5,7H2,1-3H3. The van der Waals surface area contributed by atoms with Crippen LogP contribution < -0.4 is 10.0 Å². The van der Waals surface area contributed by atoms with Gasteiger partial charge in [-0.05, 0) is 25.5 Å². The van der Waals surface area contributed by atoms with Crippen LogP contribution in [0.1, 0.15) is 15.3 Å². The molecule has 0 fully saturated rings. The molecule has 0 saturated carbocycles. The second kappa shape index (κ2) is 5.77. The summed E-state index contributed by atoms with van der Waals surface area (Å²) in [7, 11) is -3.06. The van der Waals surface area contributed by atoms with Gasteiger partial charge < -0.3 is 5.32 Å². The Morgan fingerprint density at radius 2 is 2.00 bits per heavy atom. The summed E-state index contributed by atoms with van der Waals surface area (Å²) in [4.78, 5) is 2.63. The zero-order chi connectivity index (χ0) is 12.2. The minimum atomic E-state index is -3.06. The third-order valence-electron chi connectivity index (χ3n) is 2.13. The molecule has 1 aromatic heterocycles. The molecule has 2 N–H and O–H groups in total. The fraction of sp³-hybridized carbons (Fsp3) is 0.600. The first-order valence-electron chi connectivity index (χ1n) is 5.10. The maximum atomic E-state index is 10.8. The van der Waals surface area contributed by atoms with Gasteiger partial charge in [0.25, 0.3) is 0 Å². The van der Waals surface area contributed by atoms with E-state index < -0.39 is 10.0 Å². The van der Waals surface area contributed by atoms with Gasteiger partial charge in [0.05, 0.1) is 6.26 Å². The third-order valence-corrected chi connectivity index (χ3v) is 3.86. The molecule has 1 aromatic rings. The van der Waals surface area contributed by atoms with Crippen molar-refractivity contribution in [2.45, 2.75) is 20.4 Å². The van der Waals surface area contributed by atoms with Gasteiger partial charge in [-0.15, -0.1) is 11.3 Å². The minimum Gasteiger partial charge on any atom is -0.311 e. The van der Waals surface area contributed by atoms with Crippen LogP contribution in [0.5, 0.6) is 0 Å². The van der Waals surface area contributed by atoms with E-state index >= 15 is 0 Å². The molecule has 0 atom stereocenters. The molecule has 6 heteroatoms. The van der Waals surface area contributed by atoms with Gasteiger partial charge in [0.15, 0.2) is 0 Å². The summed E-state index contributed by atoms with van der Waals surface area (Å²) in [6.07, 6.45) is 1.17. The minimum absolute atomic E-state index is 0.432. The van der Waals surface area contributed by atoms with Gasteiger partial charge in [0.2, 0.25) is 10.0 Å². The number of nitrogens with one attached hydrogen (secondary N) is 2. The van der Waals surface area contributed by atoms with Gasteiger partial charge in [-0.2, -0.15) is 0 Å². The van der Waals surface area contributed by atoms with Gasteiger partial charge >= 0.3 is 0 Å². The number of rotatable bonds is 6. The molecule has 0 radical (unpaired) electrons. The largest absolute Gasteiger partial charge is 0.311 e. The van der Waals surface area contributed by atoms with Crippen molar-refractivity contribution in [2.24, 2.45) is 0 Å². The van der Waals surface area contributed by atoms with Crippen molar-refractivity contribution in [3.63, 3.8) is 0 Å². The van der Waals surface area contributed by atoms with E-state index in [-0.39, 0.29) is 0 Å². The van der Waals surface area contributed by atoms with E-state index in [4.69, 9.17) is 0 Å². The quantitative estimate of drug-likeness (QED) is 0.752. The molecule has 0 saturated heterocycles. The summed E-state index contributed by atoms with van der Waals surface area (Å²) < 4.78 is 24.0. The molecular formula is C10H18N2O2S2. The highest BCUT2D eigenvalue weighted by molar-refractivity contribution is 7.88. The Bertz CT molecular complexity index is 438. The van der Waals surface area contributed by atoms with E-state index in [1.807, 2.05) is 0 Å². The Labute approximate surface area is 101 Å². The first kappa shape index (κ1) is 13.6. The van der Waals surface area contributed by atoms with Crippen molar-refractivity contribution in [2.75, 3.05) is 19.3 Å². The van der Waals surface area contributed by atoms with Crippen molar-refractivity contribution in [3.8, 4) is 0 Å². The van der Waals surface area contributed by atoms with Gasteiger partial charge in [-0.25, -0.2) is 13.1 Å². The van der Waals surface area contributed by atoms with Crippen LogP contribution in [-0.2, 0) is 16.6 Å². The summed E-state index contributed by atoms with van der Waals surface area (Å²) in [5, 5.41) is 3.21. The highest BCUT2D eigenvalue weighted by Gasteiger charge is 2.02. The lowest BCUT2D eigenvalue weighted by Gasteiger charge is -2.04. The number of hydrogen-bond acceptors (Lipinski definition) is 4. The van der Waals surface area contributed by atoms with E-state index in [0.717, 1.165) is 6.54 Å². The zero-order valence-corrected chi connectivity index (χ0v) is 11.5. The second-order valence-electron chi connectivity index (χ2n) is 3.78. The molecule has 16 heavy (non-hydrogen) atoms. The van der Waals surface area contributed by atoms with Gasteiger partial charge in [0.1, 0.15) is 0 Å². The predicted octanol–water partition coefficient (Wildman–Crippen LogP) is 1.00. The van der Waals surface area contributed by atoms with Crippen LogP contribution in [0, 0.1) is 13.8 Å². The van der Waals surface area contributed by atoms with Crippen LogP contribution >= 0.6 is 11.3 Å². The van der Waals surface area contributed by atoms with E-state index in [2.05, 4.69) is 30.0 Å². The maximum Gasteiger partial charge on any atom is 0.208 e. The normalized spacial score (nSPS) is 11.9. The van der Waals surface area contributed by atoms with Crippen molar-refractivity contribution in [1.82, 2.24) is 10.0 Å². The summed E-state index contributed by atoms with van der Waals surface area (Å²) in [6.45, 7) is 6.06. The van der Waals surface area contributed by atoms with E-state index in [9.17, 15) is 8.42 Å². The first-order chi connectivity index (χ1) is 7.38. The number of sulfonamides is 1. The smallest absolute Gasteiger partial charge is 0.208 e. The zero-order valence-electron chi connectivity index (χ0n) is 9.83. The monoisotopic (exact) mass is 262 g/mol. The SMILES string of the molecule is Cc1cc(CNCCNS(C)(=O)=O)c(C)s1. The number of hydrogen-bond donors (Lipinski definition) is 2. The van der Waals surface area contributed by atoms with Crippen molar-refractivity contribution in [1.29, 1.82) is 0 Å². The first-order valence-corrected chi connectivity index (χ1v) is 7.80. The molecule has 1 rings (SSSR count). The van der Waals surface area contributed by atoms with Crippen LogP contribution in [0.3, 0.4) is 0 Å². The molecule has 0 aliphatic carbocycles. The van der Waals surface area contributed by atoms with Crippen LogP contribution in [0.4, 0.5) is 0 Å². The van der Waals surface area contributed by atoms with Crippen molar-refractivity contribution in [3.05, 3.63) is 21.4 Å². The van der Waals surface area contributed by atoms with E-state index in [1.165, 1.54) is 21.6 Å². The molecular weight excluding hydrogens is 244 g/mol. The summed E-state index contributed by atoms with van der Waals surface area (Å²) in [5.74, 6) is 0. The molecule has 0 aliphatic rings. The Kier molecular flexibility index (Phi) is 4.91. The fourth-order valence-electron chi connectivity index (χ4n) is 1.41. The lowest BCUT2D eigenvalue weighted by Crippen LogP contribution is -2.30. The van der Waals surface area contributed by atoms with E-state index in [0.29, 0.717) is 13.1 Å². The molecule has 92 valence electrons. The molecule has 0 aromatic carbocycles. The number of thiophene rings is 1. The molecule has 1 heterocycles. The molecule has 0 unspecified atom stereocenters. The Hall–Kier alpha value is -0.430. The lowest BCUT2D eigenvalue weighted by atomic mass is 10.2. The summed E-state index contributed by atoms with van der Waals surface area (Å²) in [6, 6.07) is 2.16. The molecule has 4 nitrogen and oxygen atoms in total. The lowest BCUT2D eigenvalue weighted by molar-refractivity contribution is 0.582. The average molecular weight is 262 g/mol. The van der Waals surface area contributed by atoms with Gasteiger partial charge in [-0.3, -0.25) is 0 Å². The Morgan fingerprint density at radius 3 is 2.50 bits per heavy atom.